The fourth-order valence-corrected chi connectivity index (χ4v) is 2.24. The maximum Gasteiger partial charge on any atom is 0.335 e. The van der Waals surface area contributed by atoms with E-state index in [9.17, 15) is 29.1 Å². The predicted molar refractivity (Wildman–Crippen MR) is 105 cm³/mol. The number of carbonyl (C=O) groups excluding carboxylic acids is 2. The quantitative estimate of drug-likeness (QED) is 0.132. The van der Waals surface area contributed by atoms with E-state index in [1.165, 1.54) is 14.2 Å². The summed E-state index contributed by atoms with van der Waals surface area (Å²) in [7, 11) is 2.38. The number of hydrogen-bond donors (Lipinski definition) is 5. The van der Waals surface area contributed by atoms with Gasteiger partial charge in [0, 0.05) is 20.8 Å². The van der Waals surface area contributed by atoms with E-state index >= 15 is 0 Å². The van der Waals surface area contributed by atoms with Crippen LogP contribution in [0.2, 0.25) is 0 Å². The molecule has 0 radical (unpaired) electrons. The molecule has 184 valence electrons. The summed E-state index contributed by atoms with van der Waals surface area (Å²) in [5.74, 6) is -4.91. The molecule has 0 bridgehead atoms. The van der Waals surface area contributed by atoms with E-state index in [2.05, 4.69) is 20.1 Å². The van der Waals surface area contributed by atoms with Crippen LogP contribution in [0.5, 0.6) is 0 Å². The van der Waals surface area contributed by atoms with E-state index in [-0.39, 0.29) is 32.8 Å². The van der Waals surface area contributed by atoms with Crippen LogP contribution in [-0.4, -0.2) is 110 Å². The molecule has 0 aromatic rings. The lowest BCUT2D eigenvalue weighted by atomic mass is 10.1. The lowest BCUT2D eigenvalue weighted by Crippen LogP contribution is -2.43. The van der Waals surface area contributed by atoms with Gasteiger partial charge in [-0.05, 0) is 19.3 Å². The molecule has 0 heterocycles. The van der Waals surface area contributed by atoms with Gasteiger partial charge in [-0.15, -0.1) is 0 Å². The van der Waals surface area contributed by atoms with Crippen LogP contribution in [0, 0.1) is 0 Å². The molecule has 3 atom stereocenters. The summed E-state index contributed by atoms with van der Waals surface area (Å²) in [6.07, 6.45) is -1.52. The molecule has 14 nitrogen and oxygen atoms in total. The van der Waals surface area contributed by atoms with Crippen molar-refractivity contribution in [3.8, 4) is 0 Å². The van der Waals surface area contributed by atoms with Crippen molar-refractivity contribution in [1.82, 2.24) is 10.6 Å². The molecular weight excluding hydrogens is 436 g/mol. The monoisotopic (exact) mass is 466 g/mol. The highest BCUT2D eigenvalue weighted by atomic mass is 16.6. The van der Waals surface area contributed by atoms with Crippen LogP contribution in [0.25, 0.3) is 0 Å². The zero-order valence-electron chi connectivity index (χ0n) is 17.9. The Labute approximate surface area is 184 Å². The molecule has 0 spiro atoms. The number of carbonyl (C=O) groups is 5. The number of amides is 2. The summed E-state index contributed by atoms with van der Waals surface area (Å²) in [5, 5.41) is 31.6. The molecule has 14 heteroatoms. The Bertz CT molecular complexity index is 627. The molecule has 0 aliphatic heterocycles. The van der Waals surface area contributed by atoms with Gasteiger partial charge in [0.15, 0.2) is 12.2 Å². The fraction of sp³-hybridized carbons (Fsp3) is 0.722. The summed E-state index contributed by atoms with van der Waals surface area (Å²) in [5.41, 5.74) is 0. The van der Waals surface area contributed by atoms with Crippen molar-refractivity contribution in [2.45, 2.75) is 37.5 Å². The third-order valence-electron chi connectivity index (χ3n) is 4.00. The molecule has 32 heavy (non-hydrogen) atoms. The fourth-order valence-electron chi connectivity index (χ4n) is 2.24. The van der Waals surface area contributed by atoms with Crippen molar-refractivity contribution < 1.29 is 58.2 Å². The van der Waals surface area contributed by atoms with Gasteiger partial charge in [-0.2, -0.15) is 0 Å². The van der Waals surface area contributed by atoms with E-state index in [0.29, 0.717) is 12.8 Å². The Hall–Kier alpha value is -2.81. The lowest BCUT2D eigenvalue weighted by Gasteiger charge is -2.15. The first kappa shape index (κ1) is 29.2. The number of hydrogen-bond acceptors (Lipinski definition) is 9. The van der Waals surface area contributed by atoms with Gasteiger partial charge >= 0.3 is 17.9 Å². The average Bonchev–Trinajstić information content (AvgIpc) is 2.72. The molecule has 0 aromatic heterocycles. The number of rotatable bonds is 19. The Morgan fingerprint density at radius 1 is 0.750 bits per heavy atom. The summed E-state index contributed by atoms with van der Waals surface area (Å²) in [4.78, 5) is 56.2. The standard InChI is InChI=1S/C18H30N2O12/c1-29-12(17(25)26)7-31-9-14(21)19-6-4-3-5-11(16(23)24)20-15(22)10-32-8-13(30-2)18(27)28/h11-13H,3-10H2,1-2H3,(H,19,21)(H,20,22)(H,23,24)(H,25,26)(H,27,28). The van der Waals surface area contributed by atoms with E-state index in [1.54, 1.807) is 0 Å². The number of unbranched alkanes of at least 4 members (excludes halogenated alkanes) is 1. The number of carboxylic acids is 3. The second-order valence-electron chi connectivity index (χ2n) is 6.46. The number of nitrogens with one attached hydrogen (secondary N) is 2. The van der Waals surface area contributed by atoms with Crippen molar-refractivity contribution in [2.75, 3.05) is 47.2 Å². The minimum Gasteiger partial charge on any atom is -0.480 e. The number of ether oxygens (including phenoxy) is 4. The molecule has 0 rings (SSSR count). The largest absolute Gasteiger partial charge is 0.480 e. The lowest BCUT2D eigenvalue weighted by molar-refractivity contribution is -0.154. The molecule has 0 aliphatic carbocycles. The van der Waals surface area contributed by atoms with E-state index < -0.39 is 54.6 Å². The van der Waals surface area contributed by atoms with Gasteiger partial charge in [-0.25, -0.2) is 14.4 Å². The van der Waals surface area contributed by atoms with Crippen LogP contribution in [0.1, 0.15) is 19.3 Å². The van der Waals surface area contributed by atoms with Crippen LogP contribution in [0.15, 0.2) is 0 Å². The molecule has 2 amide bonds. The van der Waals surface area contributed by atoms with Gasteiger partial charge in [0.1, 0.15) is 19.3 Å². The van der Waals surface area contributed by atoms with Gasteiger partial charge in [-0.3, -0.25) is 9.59 Å². The topological polar surface area (TPSA) is 207 Å². The molecule has 0 fully saturated rings. The molecule has 5 N–H and O–H groups in total. The first-order chi connectivity index (χ1) is 15.1. The van der Waals surface area contributed by atoms with Gasteiger partial charge < -0.3 is 44.9 Å². The Morgan fingerprint density at radius 3 is 1.69 bits per heavy atom. The van der Waals surface area contributed by atoms with Crippen LogP contribution in [0.4, 0.5) is 0 Å². The third-order valence-corrected chi connectivity index (χ3v) is 4.00. The summed E-state index contributed by atoms with van der Waals surface area (Å²) in [6, 6.07) is -1.18. The second kappa shape index (κ2) is 16.8. The van der Waals surface area contributed by atoms with E-state index in [4.69, 9.17) is 19.7 Å². The number of methoxy groups -OCH3 is 2. The normalized spacial score (nSPS) is 13.6. The summed E-state index contributed by atoms with van der Waals surface area (Å²) in [6.45, 7) is -1.31. The van der Waals surface area contributed by atoms with Gasteiger partial charge in [0.25, 0.3) is 0 Å². The Balaban J connectivity index is 4.07. The smallest absolute Gasteiger partial charge is 0.335 e. The minimum atomic E-state index is -1.26. The molecule has 0 saturated heterocycles. The first-order valence-corrected chi connectivity index (χ1v) is 9.57. The predicted octanol–water partition coefficient (Wildman–Crippen LogP) is -1.93. The van der Waals surface area contributed by atoms with Crippen molar-refractivity contribution in [2.24, 2.45) is 0 Å². The van der Waals surface area contributed by atoms with Gasteiger partial charge in [0.05, 0.1) is 13.2 Å². The summed E-state index contributed by atoms with van der Waals surface area (Å²) >= 11 is 0. The van der Waals surface area contributed by atoms with Crippen molar-refractivity contribution >= 4 is 29.7 Å². The Kier molecular flexibility index (Phi) is 15.4. The van der Waals surface area contributed by atoms with E-state index in [0.717, 1.165) is 0 Å². The highest BCUT2D eigenvalue weighted by Crippen LogP contribution is 2.02. The first-order valence-electron chi connectivity index (χ1n) is 9.57. The Morgan fingerprint density at radius 2 is 1.25 bits per heavy atom. The highest BCUT2D eigenvalue weighted by Gasteiger charge is 2.21. The van der Waals surface area contributed by atoms with Crippen molar-refractivity contribution in [1.29, 1.82) is 0 Å². The second-order valence-corrected chi connectivity index (χ2v) is 6.46. The van der Waals surface area contributed by atoms with Crippen LogP contribution >= 0.6 is 0 Å². The van der Waals surface area contributed by atoms with Crippen molar-refractivity contribution in [3.05, 3.63) is 0 Å². The van der Waals surface area contributed by atoms with Crippen LogP contribution < -0.4 is 10.6 Å². The molecule has 3 unspecified atom stereocenters. The van der Waals surface area contributed by atoms with Crippen LogP contribution in [-0.2, 0) is 42.9 Å². The number of carboxylic acid groups (broad SMARTS) is 3. The van der Waals surface area contributed by atoms with E-state index in [1.807, 2.05) is 0 Å². The maximum absolute atomic E-state index is 11.8. The molecule has 0 aliphatic rings. The maximum atomic E-state index is 11.8. The average molecular weight is 466 g/mol. The molecular formula is C18H30N2O12. The SMILES string of the molecule is COC(COCC(=O)NCCCCC(NC(=O)COCC(OC)C(=O)O)C(=O)O)C(=O)O. The summed E-state index contributed by atoms with van der Waals surface area (Å²) < 4.78 is 19.2. The zero-order valence-corrected chi connectivity index (χ0v) is 17.9. The highest BCUT2D eigenvalue weighted by molar-refractivity contribution is 5.84. The van der Waals surface area contributed by atoms with Crippen molar-refractivity contribution in [3.63, 3.8) is 0 Å². The minimum absolute atomic E-state index is 0.0946. The van der Waals surface area contributed by atoms with Gasteiger partial charge in [0.2, 0.25) is 11.8 Å². The third kappa shape index (κ3) is 13.5. The zero-order chi connectivity index (χ0) is 24.5. The van der Waals surface area contributed by atoms with Gasteiger partial charge in [-0.1, -0.05) is 0 Å². The molecule has 0 saturated carbocycles. The number of aliphatic carboxylic acids is 3. The van der Waals surface area contributed by atoms with Crippen LogP contribution in [0.3, 0.4) is 0 Å². The molecule has 0 aromatic carbocycles.